The van der Waals surface area contributed by atoms with Gasteiger partial charge in [-0.2, -0.15) is 0 Å². The van der Waals surface area contributed by atoms with E-state index < -0.39 is 0 Å². The van der Waals surface area contributed by atoms with Crippen LogP contribution in [0.4, 0.5) is 17.1 Å². The summed E-state index contributed by atoms with van der Waals surface area (Å²) >= 11 is 1.86. The van der Waals surface area contributed by atoms with Gasteiger partial charge in [-0.3, -0.25) is 0 Å². The summed E-state index contributed by atoms with van der Waals surface area (Å²) in [5.41, 5.74) is 15.5. The van der Waals surface area contributed by atoms with E-state index in [0.717, 1.165) is 17.1 Å². The van der Waals surface area contributed by atoms with Crippen molar-refractivity contribution in [2.75, 3.05) is 4.90 Å². The SMILES string of the molecule is c1ccc(-c2ccc(-c3ccc(N(c4ccc(-c5cccc(-c6cccc7ccccc67)c5)cc4)c4ccc(-c5cccc6sc7ccccc7c56)cc4)cc3)cc2)cc1. The quantitative estimate of drug-likeness (QED) is 0.148. The second-order valence-corrected chi connectivity index (χ2v) is 16.4. The summed E-state index contributed by atoms with van der Waals surface area (Å²) in [6.45, 7) is 0. The zero-order valence-electron chi connectivity index (χ0n) is 32.9. The lowest BCUT2D eigenvalue weighted by atomic mass is 9.95. The molecule has 0 radical (unpaired) electrons. The summed E-state index contributed by atoms with van der Waals surface area (Å²) in [6.07, 6.45) is 0. The zero-order chi connectivity index (χ0) is 39.8. The van der Waals surface area contributed by atoms with Crippen LogP contribution in [-0.2, 0) is 0 Å². The van der Waals surface area contributed by atoms with Gasteiger partial charge in [0.25, 0.3) is 0 Å². The Bertz CT molecular complexity index is 3270. The van der Waals surface area contributed by atoms with Gasteiger partial charge in [-0.15, -0.1) is 11.3 Å². The topological polar surface area (TPSA) is 3.24 Å². The molecule has 0 atom stereocenters. The summed E-state index contributed by atoms with van der Waals surface area (Å²) in [4.78, 5) is 2.36. The second kappa shape index (κ2) is 15.3. The third kappa shape index (κ3) is 6.63. The van der Waals surface area contributed by atoms with Crippen LogP contribution in [0.25, 0.3) is 86.6 Å². The van der Waals surface area contributed by atoms with Gasteiger partial charge in [-0.05, 0) is 121 Å². The monoisotopic (exact) mass is 781 g/mol. The summed E-state index contributed by atoms with van der Waals surface area (Å²) < 4.78 is 2.64. The number of anilines is 3. The molecule has 1 aromatic heterocycles. The van der Waals surface area contributed by atoms with Crippen LogP contribution in [0.3, 0.4) is 0 Å². The molecule has 0 saturated heterocycles. The van der Waals surface area contributed by atoms with Crippen LogP contribution in [0, 0.1) is 0 Å². The lowest BCUT2D eigenvalue weighted by molar-refractivity contribution is 1.28. The van der Waals surface area contributed by atoms with Crippen LogP contribution in [-0.4, -0.2) is 0 Å². The number of fused-ring (bicyclic) bond motifs is 4. The Hall–Kier alpha value is -7.52. The van der Waals surface area contributed by atoms with E-state index in [4.69, 9.17) is 0 Å². The third-order valence-corrected chi connectivity index (χ3v) is 12.8. The largest absolute Gasteiger partial charge is 0.311 e. The lowest BCUT2D eigenvalue weighted by Gasteiger charge is -2.26. The van der Waals surface area contributed by atoms with Crippen molar-refractivity contribution in [3.8, 4) is 55.6 Å². The van der Waals surface area contributed by atoms with E-state index in [2.05, 4.69) is 241 Å². The maximum Gasteiger partial charge on any atom is 0.0462 e. The number of rotatable bonds is 8. The van der Waals surface area contributed by atoms with Crippen LogP contribution >= 0.6 is 11.3 Å². The smallest absolute Gasteiger partial charge is 0.0462 e. The molecule has 282 valence electrons. The molecule has 0 spiro atoms. The molecule has 11 rings (SSSR count). The van der Waals surface area contributed by atoms with E-state index in [1.54, 1.807) is 0 Å². The maximum absolute atomic E-state index is 2.36. The molecule has 1 heterocycles. The summed E-state index contributed by atoms with van der Waals surface area (Å²) in [7, 11) is 0. The van der Waals surface area contributed by atoms with Gasteiger partial charge >= 0.3 is 0 Å². The summed E-state index contributed by atoms with van der Waals surface area (Å²) in [5.74, 6) is 0. The van der Waals surface area contributed by atoms with Gasteiger partial charge < -0.3 is 4.90 Å². The normalized spacial score (nSPS) is 11.3. The fourth-order valence-electron chi connectivity index (χ4n) is 8.69. The first-order chi connectivity index (χ1) is 29.7. The van der Waals surface area contributed by atoms with E-state index in [9.17, 15) is 0 Å². The molecule has 10 aromatic carbocycles. The molecular formula is C58H39NS. The molecule has 60 heavy (non-hydrogen) atoms. The molecule has 0 aliphatic heterocycles. The first kappa shape index (κ1) is 35.6. The number of benzene rings is 10. The molecule has 0 unspecified atom stereocenters. The molecule has 0 fully saturated rings. The number of thiophene rings is 1. The van der Waals surface area contributed by atoms with Crippen molar-refractivity contribution in [2.24, 2.45) is 0 Å². The molecule has 0 aliphatic carbocycles. The van der Waals surface area contributed by atoms with Gasteiger partial charge in [0.05, 0.1) is 0 Å². The van der Waals surface area contributed by atoms with Crippen LogP contribution in [0.2, 0.25) is 0 Å². The fourth-order valence-corrected chi connectivity index (χ4v) is 9.82. The molecular weight excluding hydrogens is 743 g/mol. The van der Waals surface area contributed by atoms with Crippen LogP contribution < -0.4 is 4.90 Å². The third-order valence-electron chi connectivity index (χ3n) is 11.7. The van der Waals surface area contributed by atoms with Crippen molar-refractivity contribution >= 4 is 59.3 Å². The minimum atomic E-state index is 1.10. The molecule has 0 saturated carbocycles. The van der Waals surface area contributed by atoms with Crippen molar-refractivity contribution in [1.82, 2.24) is 0 Å². The fraction of sp³-hybridized carbons (Fsp3) is 0. The Morgan fingerprint density at radius 1 is 0.267 bits per heavy atom. The molecule has 1 nitrogen and oxygen atoms in total. The highest BCUT2D eigenvalue weighted by Crippen LogP contribution is 2.42. The average molecular weight is 782 g/mol. The predicted molar refractivity (Wildman–Crippen MR) is 259 cm³/mol. The minimum Gasteiger partial charge on any atom is -0.311 e. The highest BCUT2D eigenvalue weighted by molar-refractivity contribution is 7.25. The van der Waals surface area contributed by atoms with Crippen molar-refractivity contribution in [2.45, 2.75) is 0 Å². The van der Waals surface area contributed by atoms with E-state index in [-0.39, 0.29) is 0 Å². The van der Waals surface area contributed by atoms with Crippen LogP contribution in [0.5, 0.6) is 0 Å². The highest BCUT2D eigenvalue weighted by atomic mass is 32.1. The van der Waals surface area contributed by atoms with Crippen molar-refractivity contribution in [3.63, 3.8) is 0 Å². The second-order valence-electron chi connectivity index (χ2n) is 15.3. The van der Waals surface area contributed by atoms with Gasteiger partial charge in [-0.25, -0.2) is 0 Å². The molecule has 2 heteroatoms. The summed E-state index contributed by atoms with van der Waals surface area (Å²) in [5, 5.41) is 5.17. The van der Waals surface area contributed by atoms with Gasteiger partial charge in [0.15, 0.2) is 0 Å². The molecule has 0 amide bonds. The van der Waals surface area contributed by atoms with Gasteiger partial charge in [0, 0.05) is 37.2 Å². The van der Waals surface area contributed by atoms with Gasteiger partial charge in [-0.1, -0.05) is 182 Å². The van der Waals surface area contributed by atoms with Gasteiger partial charge in [0.2, 0.25) is 0 Å². The van der Waals surface area contributed by atoms with Crippen molar-refractivity contribution < 1.29 is 0 Å². The predicted octanol–water partition coefficient (Wildman–Crippen LogP) is 17.0. The zero-order valence-corrected chi connectivity index (χ0v) is 33.7. The van der Waals surface area contributed by atoms with E-state index in [0.29, 0.717) is 0 Å². The average Bonchev–Trinajstić information content (AvgIpc) is 3.72. The Balaban J connectivity index is 0.954. The van der Waals surface area contributed by atoms with E-state index in [1.165, 1.54) is 86.6 Å². The van der Waals surface area contributed by atoms with Crippen molar-refractivity contribution in [1.29, 1.82) is 0 Å². The Labute approximate surface area is 354 Å². The van der Waals surface area contributed by atoms with E-state index in [1.807, 2.05) is 11.3 Å². The van der Waals surface area contributed by atoms with Gasteiger partial charge in [0.1, 0.15) is 0 Å². The van der Waals surface area contributed by atoms with Crippen LogP contribution in [0.15, 0.2) is 237 Å². The molecule has 0 bridgehead atoms. The number of nitrogens with zero attached hydrogens (tertiary/aromatic N) is 1. The highest BCUT2D eigenvalue weighted by Gasteiger charge is 2.16. The Morgan fingerprint density at radius 2 is 0.700 bits per heavy atom. The van der Waals surface area contributed by atoms with Crippen molar-refractivity contribution in [3.05, 3.63) is 237 Å². The maximum atomic E-state index is 2.36. The minimum absolute atomic E-state index is 1.10. The first-order valence-electron chi connectivity index (χ1n) is 20.5. The molecule has 0 N–H and O–H groups in total. The first-order valence-corrected chi connectivity index (χ1v) is 21.3. The van der Waals surface area contributed by atoms with Crippen LogP contribution in [0.1, 0.15) is 0 Å². The standard InChI is InChI=1S/C58H39NS/c1-2-11-40(12-3-1)41-23-25-42(26-24-41)43-27-33-49(34-28-43)59(51-37-31-46(32-38-51)54-20-10-22-57-58(54)55-18-6-7-21-56(55)60-57)50-35-29-44(30-36-50)47-15-8-16-48(39-47)53-19-9-14-45-13-4-5-17-52(45)53/h1-39H. The Kier molecular flexibility index (Phi) is 9.11. The summed E-state index contributed by atoms with van der Waals surface area (Å²) in [6, 6.07) is 86.0. The Morgan fingerprint density at radius 3 is 1.38 bits per heavy atom. The molecule has 11 aromatic rings. The van der Waals surface area contributed by atoms with E-state index >= 15 is 0 Å². The lowest BCUT2D eigenvalue weighted by Crippen LogP contribution is -2.09. The molecule has 0 aliphatic rings. The number of hydrogen-bond donors (Lipinski definition) is 0. The number of hydrogen-bond acceptors (Lipinski definition) is 2.